The van der Waals surface area contributed by atoms with Crippen LogP contribution in [0, 0.1) is 0 Å². The molecule has 0 aliphatic heterocycles. The average Bonchev–Trinajstić information content (AvgIpc) is 3.27. The third kappa shape index (κ3) is 2.86. The number of para-hydroxylation sites is 1. The van der Waals surface area contributed by atoms with Crippen LogP contribution in [0.5, 0.6) is 0 Å². The van der Waals surface area contributed by atoms with E-state index in [0.717, 1.165) is 11.2 Å². The van der Waals surface area contributed by atoms with Crippen molar-refractivity contribution < 1.29 is 4.79 Å². The molecule has 0 atom stereocenters. The van der Waals surface area contributed by atoms with Crippen molar-refractivity contribution in [1.29, 1.82) is 0 Å². The van der Waals surface area contributed by atoms with Crippen molar-refractivity contribution in [3.8, 4) is 17.2 Å². The van der Waals surface area contributed by atoms with Crippen LogP contribution in [0.15, 0.2) is 67.3 Å². The van der Waals surface area contributed by atoms with Gasteiger partial charge in [-0.2, -0.15) is 0 Å². The zero-order valence-corrected chi connectivity index (χ0v) is 14.6. The van der Waals surface area contributed by atoms with Crippen LogP contribution in [0.4, 0.5) is 0 Å². The Bertz CT molecular complexity index is 1060. The molecule has 1 N–H and O–H groups in total. The van der Waals surface area contributed by atoms with E-state index in [1.807, 2.05) is 83.7 Å². The topological polar surface area (TPSA) is 64.2 Å². The number of benzene rings is 1. The van der Waals surface area contributed by atoms with Gasteiger partial charge >= 0.3 is 0 Å². The number of rotatable bonds is 4. The molecule has 130 valence electrons. The van der Waals surface area contributed by atoms with Crippen LogP contribution in [0.25, 0.3) is 22.7 Å². The van der Waals surface area contributed by atoms with E-state index < -0.39 is 0 Å². The van der Waals surface area contributed by atoms with E-state index in [1.54, 1.807) is 6.33 Å². The van der Waals surface area contributed by atoms with E-state index >= 15 is 0 Å². The summed E-state index contributed by atoms with van der Waals surface area (Å²) in [5, 5.41) is 2.91. The van der Waals surface area contributed by atoms with Crippen molar-refractivity contribution in [2.45, 2.75) is 19.9 Å². The number of fused-ring (bicyclic) bond motifs is 1. The first-order valence-corrected chi connectivity index (χ1v) is 8.51. The maximum atomic E-state index is 12.5. The molecular formula is C20H19N5O. The summed E-state index contributed by atoms with van der Waals surface area (Å²) in [4.78, 5) is 21.6. The van der Waals surface area contributed by atoms with Gasteiger partial charge in [-0.3, -0.25) is 9.20 Å². The number of nitrogens with one attached hydrogen (secondary N) is 1. The lowest BCUT2D eigenvalue weighted by atomic mass is 10.3. The Kier molecular flexibility index (Phi) is 4.01. The second kappa shape index (κ2) is 6.48. The van der Waals surface area contributed by atoms with Gasteiger partial charge < -0.3 is 9.88 Å². The van der Waals surface area contributed by atoms with Crippen LogP contribution < -0.4 is 5.32 Å². The van der Waals surface area contributed by atoms with Gasteiger partial charge in [0.15, 0.2) is 11.5 Å². The van der Waals surface area contributed by atoms with Gasteiger partial charge in [0.1, 0.15) is 12.0 Å². The smallest absolute Gasteiger partial charge is 0.272 e. The largest absolute Gasteiger partial charge is 0.348 e. The lowest BCUT2D eigenvalue weighted by Gasteiger charge is -2.06. The molecule has 0 saturated carbocycles. The van der Waals surface area contributed by atoms with Gasteiger partial charge in [-0.05, 0) is 38.1 Å². The molecule has 0 radical (unpaired) electrons. The molecular weight excluding hydrogens is 326 g/mol. The SMILES string of the molecule is CC(C)NC(=O)c1nc(-c2cn(-c3ccccc3)cn2)n2ccccc12. The van der Waals surface area contributed by atoms with E-state index in [1.165, 1.54) is 0 Å². The second-order valence-corrected chi connectivity index (χ2v) is 6.37. The number of imidazole rings is 2. The Morgan fingerprint density at radius 2 is 1.85 bits per heavy atom. The Morgan fingerprint density at radius 1 is 1.08 bits per heavy atom. The Morgan fingerprint density at radius 3 is 2.62 bits per heavy atom. The molecule has 3 aromatic heterocycles. The number of nitrogens with zero attached hydrogens (tertiary/aromatic N) is 4. The van der Waals surface area contributed by atoms with Gasteiger partial charge in [-0.1, -0.05) is 24.3 Å². The summed E-state index contributed by atoms with van der Waals surface area (Å²) in [6.07, 6.45) is 5.56. The third-order valence-electron chi connectivity index (χ3n) is 4.05. The Balaban J connectivity index is 1.80. The second-order valence-electron chi connectivity index (χ2n) is 6.37. The van der Waals surface area contributed by atoms with E-state index in [9.17, 15) is 4.79 Å². The molecule has 1 aromatic carbocycles. The van der Waals surface area contributed by atoms with Gasteiger partial charge in [0.25, 0.3) is 5.91 Å². The summed E-state index contributed by atoms with van der Waals surface area (Å²) in [5.41, 5.74) is 2.89. The van der Waals surface area contributed by atoms with Crippen LogP contribution >= 0.6 is 0 Å². The maximum absolute atomic E-state index is 12.5. The number of carbonyl (C=O) groups is 1. The number of hydrogen-bond donors (Lipinski definition) is 1. The van der Waals surface area contributed by atoms with Crippen LogP contribution in [0.1, 0.15) is 24.3 Å². The molecule has 6 heteroatoms. The van der Waals surface area contributed by atoms with Crippen LogP contribution in [0.2, 0.25) is 0 Å². The maximum Gasteiger partial charge on any atom is 0.272 e. The zero-order chi connectivity index (χ0) is 18.1. The van der Waals surface area contributed by atoms with Gasteiger partial charge in [0, 0.05) is 24.1 Å². The predicted molar refractivity (Wildman–Crippen MR) is 100 cm³/mol. The number of hydrogen-bond acceptors (Lipinski definition) is 3. The minimum atomic E-state index is -0.183. The monoisotopic (exact) mass is 345 g/mol. The summed E-state index contributed by atoms with van der Waals surface area (Å²) < 4.78 is 3.83. The molecule has 0 spiro atoms. The molecule has 0 bridgehead atoms. The van der Waals surface area contributed by atoms with E-state index in [-0.39, 0.29) is 11.9 Å². The van der Waals surface area contributed by atoms with Crippen molar-refractivity contribution in [1.82, 2.24) is 24.3 Å². The lowest BCUT2D eigenvalue weighted by Crippen LogP contribution is -2.30. The fourth-order valence-electron chi connectivity index (χ4n) is 2.90. The molecule has 0 aliphatic rings. The lowest BCUT2D eigenvalue weighted by molar-refractivity contribution is 0.0940. The number of amides is 1. The van der Waals surface area contributed by atoms with E-state index in [0.29, 0.717) is 17.2 Å². The molecule has 4 aromatic rings. The van der Waals surface area contributed by atoms with Crippen molar-refractivity contribution in [2.24, 2.45) is 0 Å². The standard InChI is InChI=1S/C20H19N5O/c1-14(2)22-20(26)18-17-10-6-7-11-25(17)19(23-18)16-12-24(13-21-16)15-8-4-3-5-9-15/h3-14H,1-2H3,(H,22,26). The highest BCUT2D eigenvalue weighted by atomic mass is 16.2. The summed E-state index contributed by atoms with van der Waals surface area (Å²) in [6.45, 7) is 3.86. The quantitative estimate of drug-likeness (QED) is 0.617. The predicted octanol–water partition coefficient (Wildman–Crippen LogP) is 3.33. The van der Waals surface area contributed by atoms with E-state index in [4.69, 9.17) is 0 Å². The average molecular weight is 345 g/mol. The summed E-state index contributed by atoms with van der Waals surface area (Å²) >= 11 is 0. The number of aromatic nitrogens is 4. The zero-order valence-electron chi connectivity index (χ0n) is 14.6. The van der Waals surface area contributed by atoms with Crippen molar-refractivity contribution in [3.05, 3.63) is 72.9 Å². The fraction of sp³-hybridized carbons (Fsp3) is 0.150. The van der Waals surface area contributed by atoms with Crippen LogP contribution in [-0.4, -0.2) is 30.9 Å². The Hall–Kier alpha value is -3.41. The highest BCUT2D eigenvalue weighted by molar-refractivity contribution is 6.00. The van der Waals surface area contributed by atoms with Gasteiger partial charge in [0.05, 0.1) is 5.52 Å². The molecule has 6 nitrogen and oxygen atoms in total. The first-order chi connectivity index (χ1) is 12.6. The van der Waals surface area contributed by atoms with Gasteiger partial charge in [-0.15, -0.1) is 0 Å². The number of pyridine rings is 1. The number of carbonyl (C=O) groups excluding carboxylic acids is 1. The first kappa shape index (κ1) is 16.1. The summed E-state index contributed by atoms with van der Waals surface area (Å²) in [5.74, 6) is 0.460. The van der Waals surface area contributed by atoms with Crippen molar-refractivity contribution >= 4 is 11.4 Å². The molecule has 4 rings (SSSR count). The molecule has 0 unspecified atom stereocenters. The summed E-state index contributed by atoms with van der Waals surface area (Å²) in [7, 11) is 0. The van der Waals surface area contributed by atoms with Crippen molar-refractivity contribution in [2.75, 3.05) is 0 Å². The minimum Gasteiger partial charge on any atom is -0.348 e. The highest BCUT2D eigenvalue weighted by Crippen LogP contribution is 2.22. The fourth-order valence-corrected chi connectivity index (χ4v) is 2.90. The third-order valence-corrected chi connectivity index (χ3v) is 4.05. The van der Waals surface area contributed by atoms with Crippen LogP contribution in [0.3, 0.4) is 0 Å². The molecule has 0 fully saturated rings. The van der Waals surface area contributed by atoms with Gasteiger partial charge in [-0.25, -0.2) is 9.97 Å². The Labute approximate surface area is 151 Å². The minimum absolute atomic E-state index is 0.0451. The first-order valence-electron chi connectivity index (χ1n) is 8.51. The molecule has 1 amide bonds. The molecule has 0 saturated heterocycles. The highest BCUT2D eigenvalue weighted by Gasteiger charge is 2.20. The van der Waals surface area contributed by atoms with E-state index in [2.05, 4.69) is 15.3 Å². The van der Waals surface area contributed by atoms with Crippen LogP contribution in [-0.2, 0) is 0 Å². The normalized spacial score (nSPS) is 11.2. The summed E-state index contributed by atoms with van der Waals surface area (Å²) in [6, 6.07) is 15.7. The molecule has 3 heterocycles. The molecule has 0 aliphatic carbocycles. The van der Waals surface area contributed by atoms with Gasteiger partial charge in [0.2, 0.25) is 0 Å². The molecule has 26 heavy (non-hydrogen) atoms. The van der Waals surface area contributed by atoms with Crippen molar-refractivity contribution in [3.63, 3.8) is 0 Å².